The maximum Gasteiger partial charge on any atom is 0.237 e. The third kappa shape index (κ3) is 5.83. The molecule has 2 N–H and O–H groups in total. The number of hydrogen-bond acceptors (Lipinski definition) is 8. The number of unbranched alkanes of at least 4 members (excludes halogenated alkanes) is 1. The van der Waals surface area contributed by atoms with E-state index in [1.807, 2.05) is 13.8 Å². The first-order valence-electron chi connectivity index (χ1n) is 7.55. The van der Waals surface area contributed by atoms with Gasteiger partial charge in [0.2, 0.25) is 16.9 Å². The summed E-state index contributed by atoms with van der Waals surface area (Å²) in [6.45, 7) is 7.06. The van der Waals surface area contributed by atoms with Crippen LogP contribution in [0.4, 0.5) is 11.0 Å². The van der Waals surface area contributed by atoms with Gasteiger partial charge in [-0.3, -0.25) is 10.1 Å². The molecule has 0 unspecified atom stereocenters. The van der Waals surface area contributed by atoms with E-state index in [2.05, 4.69) is 32.9 Å². The Morgan fingerprint density at radius 2 is 2.26 bits per heavy atom. The van der Waals surface area contributed by atoms with E-state index < -0.39 is 0 Å². The highest BCUT2D eigenvalue weighted by molar-refractivity contribution is 8.01. The van der Waals surface area contributed by atoms with Crippen molar-refractivity contribution in [2.45, 2.75) is 43.9 Å². The first-order chi connectivity index (χ1) is 11.1. The fourth-order valence-electron chi connectivity index (χ4n) is 1.63. The maximum absolute atomic E-state index is 11.9. The zero-order valence-corrected chi connectivity index (χ0v) is 15.1. The molecule has 0 aliphatic heterocycles. The molecule has 1 amide bonds. The number of anilines is 2. The minimum Gasteiger partial charge on any atom is -0.360 e. The van der Waals surface area contributed by atoms with Crippen LogP contribution in [0.5, 0.6) is 0 Å². The zero-order chi connectivity index (χ0) is 16.7. The van der Waals surface area contributed by atoms with E-state index in [9.17, 15) is 4.79 Å². The summed E-state index contributed by atoms with van der Waals surface area (Å²) in [4.78, 5) is 11.9. The van der Waals surface area contributed by atoms with Gasteiger partial charge in [-0.05, 0) is 12.3 Å². The lowest BCUT2D eigenvalue weighted by Crippen LogP contribution is -2.13. The highest BCUT2D eigenvalue weighted by atomic mass is 32.2. The predicted octanol–water partition coefficient (Wildman–Crippen LogP) is 3.59. The van der Waals surface area contributed by atoms with Crippen LogP contribution in [-0.2, 0) is 4.79 Å². The quantitative estimate of drug-likeness (QED) is 0.524. The van der Waals surface area contributed by atoms with Gasteiger partial charge in [0.15, 0.2) is 4.34 Å². The van der Waals surface area contributed by atoms with Crippen LogP contribution in [0.2, 0.25) is 0 Å². The van der Waals surface area contributed by atoms with E-state index in [1.165, 1.54) is 23.1 Å². The number of carbonyl (C=O) groups is 1. The van der Waals surface area contributed by atoms with Crippen LogP contribution in [0.25, 0.3) is 0 Å². The smallest absolute Gasteiger partial charge is 0.237 e. The molecular weight excluding hydrogens is 334 g/mol. The van der Waals surface area contributed by atoms with Crippen molar-refractivity contribution in [3.63, 3.8) is 0 Å². The summed E-state index contributed by atoms with van der Waals surface area (Å²) < 4.78 is 5.84. The van der Waals surface area contributed by atoms with E-state index in [1.54, 1.807) is 6.07 Å². The molecule has 0 saturated carbocycles. The van der Waals surface area contributed by atoms with E-state index in [0.29, 0.717) is 5.88 Å². The summed E-state index contributed by atoms with van der Waals surface area (Å²) in [5, 5.41) is 18.7. The van der Waals surface area contributed by atoms with Gasteiger partial charge in [0.25, 0.3) is 0 Å². The monoisotopic (exact) mass is 355 g/mol. The van der Waals surface area contributed by atoms with Crippen molar-refractivity contribution in [3.8, 4) is 0 Å². The number of nitrogens with zero attached hydrogens (tertiary/aromatic N) is 3. The molecule has 2 heterocycles. The van der Waals surface area contributed by atoms with E-state index in [-0.39, 0.29) is 17.6 Å². The summed E-state index contributed by atoms with van der Waals surface area (Å²) in [7, 11) is 0. The molecule has 0 bridgehead atoms. The van der Waals surface area contributed by atoms with E-state index in [0.717, 1.165) is 34.6 Å². The van der Waals surface area contributed by atoms with Gasteiger partial charge >= 0.3 is 0 Å². The van der Waals surface area contributed by atoms with Gasteiger partial charge in [-0.25, -0.2) is 0 Å². The summed E-state index contributed by atoms with van der Waals surface area (Å²) in [6, 6.07) is 1.74. The SMILES string of the molecule is CCCCNc1nnc(SCC(=O)Nc2cc(C(C)C)no2)s1. The Morgan fingerprint density at radius 3 is 2.96 bits per heavy atom. The second-order valence-electron chi connectivity index (χ2n) is 5.26. The summed E-state index contributed by atoms with van der Waals surface area (Å²) >= 11 is 2.81. The average Bonchev–Trinajstić information content (AvgIpc) is 3.15. The summed E-state index contributed by atoms with van der Waals surface area (Å²) in [5.41, 5.74) is 0.819. The Labute approximate surface area is 143 Å². The molecule has 0 saturated heterocycles. The van der Waals surface area contributed by atoms with Gasteiger partial charge in [0.05, 0.1) is 11.4 Å². The minimum atomic E-state index is -0.155. The molecule has 0 radical (unpaired) electrons. The number of aromatic nitrogens is 3. The van der Waals surface area contributed by atoms with Gasteiger partial charge in [0.1, 0.15) is 0 Å². The van der Waals surface area contributed by atoms with Crippen molar-refractivity contribution in [3.05, 3.63) is 11.8 Å². The molecule has 7 nitrogen and oxygen atoms in total. The van der Waals surface area contributed by atoms with Gasteiger partial charge < -0.3 is 9.84 Å². The molecule has 23 heavy (non-hydrogen) atoms. The first kappa shape index (κ1) is 17.7. The molecule has 0 fully saturated rings. The second-order valence-corrected chi connectivity index (χ2v) is 7.46. The molecule has 9 heteroatoms. The van der Waals surface area contributed by atoms with E-state index in [4.69, 9.17) is 4.52 Å². The Hall–Kier alpha value is -1.61. The van der Waals surface area contributed by atoms with Crippen LogP contribution in [0, 0.1) is 0 Å². The molecule has 0 aliphatic carbocycles. The molecule has 2 aromatic heterocycles. The van der Waals surface area contributed by atoms with Gasteiger partial charge in [-0.1, -0.05) is 55.4 Å². The normalized spacial score (nSPS) is 11.0. The van der Waals surface area contributed by atoms with Crippen molar-refractivity contribution >= 4 is 40.0 Å². The van der Waals surface area contributed by atoms with Crippen LogP contribution in [-0.4, -0.2) is 33.6 Å². The molecule has 2 aromatic rings. The highest BCUT2D eigenvalue weighted by Crippen LogP contribution is 2.25. The molecule has 0 aromatic carbocycles. The third-order valence-corrected chi connectivity index (χ3v) is 4.94. The molecule has 0 atom stereocenters. The molecule has 126 valence electrons. The van der Waals surface area contributed by atoms with Crippen molar-refractivity contribution in [2.24, 2.45) is 0 Å². The lowest BCUT2D eigenvalue weighted by Gasteiger charge is -1.99. The second kappa shape index (κ2) is 8.88. The summed E-state index contributed by atoms with van der Waals surface area (Å²) in [6.07, 6.45) is 2.23. The number of rotatable bonds is 9. The first-order valence-corrected chi connectivity index (χ1v) is 9.35. The van der Waals surface area contributed by atoms with Crippen molar-refractivity contribution in [1.82, 2.24) is 15.4 Å². The number of amides is 1. The molecule has 2 rings (SSSR count). The van der Waals surface area contributed by atoms with Crippen molar-refractivity contribution in [2.75, 3.05) is 22.9 Å². The number of thioether (sulfide) groups is 1. The van der Waals surface area contributed by atoms with Crippen LogP contribution in [0.15, 0.2) is 14.9 Å². The zero-order valence-electron chi connectivity index (χ0n) is 13.5. The average molecular weight is 355 g/mol. The van der Waals surface area contributed by atoms with Crippen LogP contribution < -0.4 is 10.6 Å². The van der Waals surface area contributed by atoms with Crippen molar-refractivity contribution < 1.29 is 9.32 Å². The Bertz CT molecular complexity index is 626. The fourth-order valence-corrected chi connectivity index (χ4v) is 3.21. The number of nitrogens with one attached hydrogen (secondary N) is 2. The van der Waals surface area contributed by atoms with Gasteiger partial charge in [0, 0.05) is 12.6 Å². The highest BCUT2D eigenvalue weighted by Gasteiger charge is 2.12. The standard InChI is InChI=1S/C14H21N5O2S2/c1-4-5-6-15-13-17-18-14(23-13)22-8-11(20)16-12-7-10(9(2)3)19-21-12/h7,9H,4-6,8H2,1-3H3,(H,15,17)(H,16,20). The van der Waals surface area contributed by atoms with Crippen LogP contribution in [0.3, 0.4) is 0 Å². The molecule has 0 aliphatic rings. The van der Waals surface area contributed by atoms with Gasteiger partial charge in [-0.15, -0.1) is 10.2 Å². The molecular formula is C14H21N5O2S2. The number of carbonyl (C=O) groups excluding carboxylic acids is 1. The topological polar surface area (TPSA) is 92.9 Å². The number of hydrogen-bond donors (Lipinski definition) is 2. The molecule has 0 spiro atoms. The Balaban J connectivity index is 1.75. The lowest BCUT2D eigenvalue weighted by atomic mass is 10.1. The Kier molecular flexibility index (Phi) is 6.85. The minimum absolute atomic E-state index is 0.155. The van der Waals surface area contributed by atoms with Crippen LogP contribution in [0.1, 0.15) is 45.2 Å². The largest absolute Gasteiger partial charge is 0.360 e. The Morgan fingerprint density at radius 1 is 1.43 bits per heavy atom. The maximum atomic E-state index is 11.9. The van der Waals surface area contributed by atoms with E-state index >= 15 is 0 Å². The fraction of sp³-hybridized carbons (Fsp3) is 0.571. The summed E-state index contributed by atoms with van der Waals surface area (Å²) in [5.74, 6) is 0.732. The lowest BCUT2D eigenvalue weighted by molar-refractivity contribution is -0.113. The van der Waals surface area contributed by atoms with Crippen LogP contribution >= 0.6 is 23.1 Å². The van der Waals surface area contributed by atoms with Gasteiger partial charge in [-0.2, -0.15) is 0 Å². The third-order valence-electron chi connectivity index (χ3n) is 2.92. The predicted molar refractivity (Wildman–Crippen MR) is 93.3 cm³/mol. The van der Waals surface area contributed by atoms with Crippen molar-refractivity contribution in [1.29, 1.82) is 0 Å².